The number of aliphatic carboxylic acids is 1. The molecule has 0 aliphatic carbocycles. The normalized spacial score (nSPS) is 17.5. The Morgan fingerprint density at radius 3 is 2.52 bits per heavy atom. The molecule has 1 saturated heterocycles. The molecule has 0 radical (unpaired) electrons. The highest BCUT2D eigenvalue weighted by molar-refractivity contribution is 5.94. The van der Waals surface area contributed by atoms with E-state index in [2.05, 4.69) is 10.3 Å². The molecule has 1 amide bonds. The van der Waals surface area contributed by atoms with Crippen molar-refractivity contribution >= 4 is 11.9 Å². The number of hydrogen-bond donors (Lipinski definition) is 1. The number of carbonyl (C=O) groups is 2. The number of carbonyl (C=O) groups excluding carboxylic acids is 1. The Morgan fingerprint density at radius 2 is 1.91 bits per heavy atom. The summed E-state index contributed by atoms with van der Waals surface area (Å²) < 4.78 is 1.62. The fourth-order valence-corrected chi connectivity index (χ4v) is 2.75. The van der Waals surface area contributed by atoms with E-state index in [1.807, 2.05) is 31.2 Å². The molecule has 23 heavy (non-hydrogen) atoms. The van der Waals surface area contributed by atoms with Crippen LogP contribution in [0.15, 0.2) is 24.3 Å². The van der Waals surface area contributed by atoms with Gasteiger partial charge < -0.3 is 10.0 Å². The second kappa shape index (κ2) is 5.83. The van der Waals surface area contributed by atoms with Gasteiger partial charge in [-0.3, -0.25) is 9.59 Å². The smallest absolute Gasteiger partial charge is 0.308 e. The van der Waals surface area contributed by atoms with Crippen LogP contribution in [0.3, 0.4) is 0 Å². The highest BCUT2D eigenvalue weighted by Crippen LogP contribution is 2.20. The van der Waals surface area contributed by atoms with Gasteiger partial charge in [-0.25, -0.2) is 4.68 Å². The first kappa shape index (κ1) is 15.2. The number of amides is 1. The first-order valence-electron chi connectivity index (χ1n) is 7.49. The molecule has 2 heterocycles. The van der Waals surface area contributed by atoms with Gasteiger partial charge in [0.1, 0.15) is 0 Å². The average molecular weight is 314 g/mol. The van der Waals surface area contributed by atoms with Gasteiger partial charge in [-0.05, 0) is 32.4 Å². The van der Waals surface area contributed by atoms with Crippen molar-refractivity contribution in [2.24, 2.45) is 5.92 Å². The van der Waals surface area contributed by atoms with Crippen molar-refractivity contribution in [3.8, 4) is 5.69 Å². The quantitative estimate of drug-likeness (QED) is 0.926. The van der Waals surface area contributed by atoms with Gasteiger partial charge in [0.2, 0.25) is 0 Å². The lowest BCUT2D eigenvalue weighted by Gasteiger charge is -2.14. The van der Waals surface area contributed by atoms with Crippen molar-refractivity contribution in [1.29, 1.82) is 0 Å². The van der Waals surface area contributed by atoms with Crippen LogP contribution in [0.1, 0.15) is 28.2 Å². The molecule has 1 atom stereocenters. The number of nitrogens with zero attached hydrogens (tertiary/aromatic N) is 4. The van der Waals surface area contributed by atoms with Gasteiger partial charge in [-0.15, -0.1) is 5.10 Å². The number of carboxylic acids is 1. The van der Waals surface area contributed by atoms with Crippen LogP contribution in [0.5, 0.6) is 0 Å². The molecule has 1 aromatic carbocycles. The first-order valence-corrected chi connectivity index (χ1v) is 7.49. The predicted octanol–water partition coefficient (Wildman–Crippen LogP) is 1.43. The third-order valence-corrected chi connectivity index (χ3v) is 4.20. The van der Waals surface area contributed by atoms with E-state index in [0.29, 0.717) is 18.7 Å². The van der Waals surface area contributed by atoms with E-state index in [4.69, 9.17) is 5.11 Å². The molecule has 2 aromatic rings. The standard InChI is InChI=1S/C16H18N4O3/c1-10-3-5-13(6-4-10)20-11(2)14(17-18-20)15(21)19-8-7-12(9-19)16(22)23/h3-6,12H,7-9H2,1-2H3,(H,22,23)/t12-/m0/s1. The number of benzene rings is 1. The number of likely N-dealkylation sites (tertiary alicyclic amines) is 1. The van der Waals surface area contributed by atoms with E-state index < -0.39 is 11.9 Å². The van der Waals surface area contributed by atoms with Gasteiger partial charge in [0.25, 0.3) is 5.91 Å². The summed E-state index contributed by atoms with van der Waals surface area (Å²) >= 11 is 0. The lowest BCUT2D eigenvalue weighted by molar-refractivity contribution is -0.141. The molecule has 0 unspecified atom stereocenters. The number of rotatable bonds is 3. The number of hydrogen-bond acceptors (Lipinski definition) is 4. The van der Waals surface area contributed by atoms with Crippen LogP contribution in [0, 0.1) is 19.8 Å². The van der Waals surface area contributed by atoms with Crippen molar-refractivity contribution in [1.82, 2.24) is 19.9 Å². The van der Waals surface area contributed by atoms with Crippen LogP contribution in [0.25, 0.3) is 5.69 Å². The molecule has 3 rings (SSSR count). The summed E-state index contributed by atoms with van der Waals surface area (Å²) in [4.78, 5) is 25.1. The topological polar surface area (TPSA) is 88.3 Å². The Kier molecular flexibility index (Phi) is 3.85. The molecule has 0 saturated carbocycles. The Hall–Kier alpha value is -2.70. The second-order valence-corrected chi connectivity index (χ2v) is 5.85. The Morgan fingerprint density at radius 1 is 1.22 bits per heavy atom. The number of aromatic nitrogens is 3. The highest BCUT2D eigenvalue weighted by Gasteiger charge is 2.33. The zero-order chi connectivity index (χ0) is 16.6. The lowest BCUT2D eigenvalue weighted by Crippen LogP contribution is -2.30. The zero-order valence-electron chi connectivity index (χ0n) is 13.1. The molecule has 1 aliphatic rings. The minimum atomic E-state index is -0.861. The molecule has 0 spiro atoms. The van der Waals surface area contributed by atoms with Gasteiger partial charge >= 0.3 is 5.97 Å². The fourth-order valence-electron chi connectivity index (χ4n) is 2.75. The minimum Gasteiger partial charge on any atom is -0.481 e. The van der Waals surface area contributed by atoms with Crippen LogP contribution in [0.4, 0.5) is 0 Å². The Balaban J connectivity index is 1.83. The van der Waals surface area contributed by atoms with Gasteiger partial charge in [-0.1, -0.05) is 22.9 Å². The van der Waals surface area contributed by atoms with Gasteiger partial charge in [0.15, 0.2) is 5.69 Å². The fraction of sp³-hybridized carbons (Fsp3) is 0.375. The van der Waals surface area contributed by atoms with E-state index in [1.54, 1.807) is 11.6 Å². The van der Waals surface area contributed by atoms with E-state index in [9.17, 15) is 9.59 Å². The van der Waals surface area contributed by atoms with E-state index in [0.717, 1.165) is 11.3 Å². The largest absolute Gasteiger partial charge is 0.481 e. The number of carboxylic acid groups (broad SMARTS) is 1. The maximum atomic E-state index is 12.6. The summed E-state index contributed by atoms with van der Waals surface area (Å²) in [5, 5.41) is 17.1. The van der Waals surface area contributed by atoms with E-state index >= 15 is 0 Å². The van der Waals surface area contributed by atoms with E-state index in [1.165, 1.54) is 4.90 Å². The maximum Gasteiger partial charge on any atom is 0.308 e. The predicted molar refractivity (Wildman–Crippen MR) is 82.5 cm³/mol. The summed E-state index contributed by atoms with van der Waals surface area (Å²) in [6.45, 7) is 4.45. The SMILES string of the molecule is Cc1ccc(-n2nnc(C(=O)N3CC[C@H](C(=O)O)C3)c2C)cc1. The molecule has 120 valence electrons. The van der Waals surface area contributed by atoms with Crippen LogP contribution < -0.4 is 0 Å². The van der Waals surface area contributed by atoms with Gasteiger partial charge in [0.05, 0.1) is 17.3 Å². The maximum absolute atomic E-state index is 12.6. The van der Waals surface area contributed by atoms with Crippen LogP contribution in [-0.4, -0.2) is 50.0 Å². The monoisotopic (exact) mass is 314 g/mol. The molecule has 7 nitrogen and oxygen atoms in total. The molecule has 1 N–H and O–H groups in total. The highest BCUT2D eigenvalue weighted by atomic mass is 16.4. The molecule has 1 aromatic heterocycles. The Bertz CT molecular complexity index is 751. The first-order chi connectivity index (χ1) is 11.0. The molecule has 1 aliphatic heterocycles. The summed E-state index contributed by atoms with van der Waals surface area (Å²) in [5.74, 6) is -1.61. The van der Waals surface area contributed by atoms with Crippen molar-refractivity contribution < 1.29 is 14.7 Å². The number of aryl methyl sites for hydroxylation is 1. The third kappa shape index (κ3) is 2.81. The molecule has 7 heteroatoms. The van der Waals surface area contributed by atoms with Crippen molar-refractivity contribution in [2.75, 3.05) is 13.1 Å². The molecule has 1 fully saturated rings. The molecule has 0 bridgehead atoms. The van der Waals surface area contributed by atoms with Crippen LogP contribution in [0.2, 0.25) is 0 Å². The Labute approximate surface area is 133 Å². The van der Waals surface area contributed by atoms with Gasteiger partial charge in [-0.2, -0.15) is 0 Å². The van der Waals surface area contributed by atoms with Gasteiger partial charge in [0, 0.05) is 13.1 Å². The zero-order valence-corrected chi connectivity index (χ0v) is 13.1. The lowest BCUT2D eigenvalue weighted by atomic mass is 10.1. The molecular formula is C16H18N4O3. The molecular weight excluding hydrogens is 296 g/mol. The van der Waals surface area contributed by atoms with Crippen molar-refractivity contribution in [2.45, 2.75) is 20.3 Å². The van der Waals surface area contributed by atoms with Crippen LogP contribution in [-0.2, 0) is 4.79 Å². The average Bonchev–Trinajstić information content (AvgIpc) is 3.15. The van der Waals surface area contributed by atoms with Crippen molar-refractivity contribution in [3.05, 3.63) is 41.2 Å². The van der Waals surface area contributed by atoms with Crippen molar-refractivity contribution in [3.63, 3.8) is 0 Å². The summed E-state index contributed by atoms with van der Waals surface area (Å²) in [5.41, 5.74) is 2.90. The second-order valence-electron chi connectivity index (χ2n) is 5.85. The van der Waals surface area contributed by atoms with E-state index in [-0.39, 0.29) is 18.1 Å². The summed E-state index contributed by atoms with van der Waals surface area (Å²) in [7, 11) is 0. The van der Waals surface area contributed by atoms with Crippen LogP contribution >= 0.6 is 0 Å². The summed E-state index contributed by atoms with van der Waals surface area (Å²) in [6, 6.07) is 7.77. The minimum absolute atomic E-state index is 0.227. The third-order valence-electron chi connectivity index (χ3n) is 4.20. The summed E-state index contributed by atoms with van der Waals surface area (Å²) in [6.07, 6.45) is 0.478.